The van der Waals surface area contributed by atoms with E-state index in [2.05, 4.69) is 26.3 Å². The average Bonchev–Trinajstić information content (AvgIpc) is 3.26. The summed E-state index contributed by atoms with van der Waals surface area (Å²) in [6, 6.07) is 4.12. The lowest BCUT2D eigenvalue weighted by atomic mass is 10.1. The Morgan fingerprint density at radius 1 is 1.19 bits per heavy atom. The van der Waals surface area contributed by atoms with E-state index in [9.17, 15) is 4.79 Å². The van der Waals surface area contributed by atoms with Crippen LogP contribution in [-0.4, -0.2) is 52.0 Å². The predicted octanol–water partition coefficient (Wildman–Crippen LogP) is 1.17. The molecule has 1 fully saturated rings. The molecule has 1 saturated heterocycles. The number of nitrogens with zero attached hydrogens (tertiary/aromatic N) is 3. The number of pyridine rings is 2. The molecule has 2 aliphatic rings. The molecule has 0 amide bonds. The normalized spacial score (nSPS) is 19.5. The fraction of sp³-hybridized carbons (Fsp3) is 0.389. The molecule has 2 N–H and O–H groups in total. The van der Waals surface area contributed by atoms with E-state index in [1.54, 1.807) is 10.8 Å². The number of hydrogen-bond donors (Lipinski definition) is 2. The highest BCUT2D eigenvalue weighted by Crippen LogP contribution is 2.27. The van der Waals surface area contributed by atoms with Gasteiger partial charge in [0.25, 0.3) is 0 Å². The third kappa shape index (κ3) is 2.67. The number of imidazole rings is 1. The summed E-state index contributed by atoms with van der Waals surface area (Å²) >= 11 is 0. The monoisotopic (exact) mass is 353 g/mol. The molecule has 5 rings (SSSR count). The fourth-order valence-corrected chi connectivity index (χ4v) is 3.55. The van der Waals surface area contributed by atoms with Gasteiger partial charge in [-0.2, -0.15) is 0 Å². The van der Waals surface area contributed by atoms with Gasteiger partial charge in [-0.3, -0.25) is 9.55 Å². The fourth-order valence-electron chi connectivity index (χ4n) is 3.55. The zero-order valence-corrected chi connectivity index (χ0v) is 14.2. The van der Waals surface area contributed by atoms with Crippen LogP contribution >= 0.6 is 0 Å². The Bertz CT molecular complexity index is 1020. The highest BCUT2D eigenvalue weighted by atomic mass is 16.6. The first kappa shape index (κ1) is 15.5. The van der Waals surface area contributed by atoms with Crippen molar-refractivity contribution in [2.45, 2.75) is 19.1 Å². The highest BCUT2D eigenvalue weighted by molar-refractivity contribution is 5.78. The van der Waals surface area contributed by atoms with Crippen molar-refractivity contribution in [3.05, 3.63) is 40.6 Å². The van der Waals surface area contributed by atoms with Crippen molar-refractivity contribution in [1.29, 1.82) is 0 Å². The summed E-state index contributed by atoms with van der Waals surface area (Å²) in [6.45, 7) is 3.01. The second-order valence-corrected chi connectivity index (χ2v) is 6.61. The standard InChI is InChI=1S/C18H19N5O3/c24-18-22-17-15(23(18)9-14-10-25-3-4-26-14)6-13(8-21-17)12-5-11-1-2-19-16(11)20-7-12/h5-8,14H,1-4,9-10H2,(H,19,20)(H,21,22,24)/t14-/m0/s1. The molecular weight excluding hydrogens is 334 g/mol. The van der Waals surface area contributed by atoms with Gasteiger partial charge in [-0.1, -0.05) is 0 Å². The van der Waals surface area contributed by atoms with Crippen molar-refractivity contribution in [1.82, 2.24) is 19.5 Å². The Balaban J connectivity index is 1.54. The van der Waals surface area contributed by atoms with Crippen molar-refractivity contribution >= 4 is 17.0 Å². The molecule has 134 valence electrons. The number of nitrogens with one attached hydrogen (secondary N) is 2. The molecule has 0 unspecified atom stereocenters. The Hall–Kier alpha value is -2.71. The van der Waals surface area contributed by atoms with Gasteiger partial charge < -0.3 is 14.8 Å². The number of ether oxygens (including phenoxy) is 2. The minimum absolute atomic E-state index is 0.128. The summed E-state index contributed by atoms with van der Waals surface area (Å²) < 4.78 is 12.8. The van der Waals surface area contributed by atoms with Gasteiger partial charge in [0.05, 0.1) is 38.0 Å². The van der Waals surface area contributed by atoms with E-state index in [0.29, 0.717) is 32.0 Å². The molecule has 1 atom stereocenters. The molecule has 3 aromatic heterocycles. The number of aromatic nitrogens is 4. The van der Waals surface area contributed by atoms with E-state index in [1.165, 1.54) is 5.56 Å². The van der Waals surface area contributed by atoms with Crippen molar-refractivity contribution < 1.29 is 9.47 Å². The van der Waals surface area contributed by atoms with Crippen LogP contribution in [0.4, 0.5) is 5.82 Å². The van der Waals surface area contributed by atoms with Gasteiger partial charge in [0, 0.05) is 30.1 Å². The van der Waals surface area contributed by atoms with Crippen LogP contribution in [-0.2, 0) is 22.4 Å². The molecule has 2 aliphatic heterocycles. The van der Waals surface area contributed by atoms with Gasteiger partial charge in [0.2, 0.25) is 0 Å². The minimum Gasteiger partial charge on any atom is -0.376 e. The molecule has 0 spiro atoms. The molecule has 8 nitrogen and oxygen atoms in total. The van der Waals surface area contributed by atoms with Crippen LogP contribution in [0.5, 0.6) is 0 Å². The van der Waals surface area contributed by atoms with Crippen LogP contribution in [0, 0.1) is 0 Å². The molecule has 0 bridgehead atoms. The smallest absolute Gasteiger partial charge is 0.327 e. The summed E-state index contributed by atoms with van der Waals surface area (Å²) in [4.78, 5) is 24.1. The van der Waals surface area contributed by atoms with Crippen molar-refractivity contribution in [3.8, 4) is 11.1 Å². The lowest BCUT2D eigenvalue weighted by Gasteiger charge is -2.23. The zero-order valence-electron chi connectivity index (χ0n) is 14.2. The molecule has 8 heteroatoms. The molecule has 0 aromatic carbocycles. The average molecular weight is 353 g/mol. The molecule has 0 radical (unpaired) electrons. The Morgan fingerprint density at radius 3 is 2.96 bits per heavy atom. The van der Waals surface area contributed by atoms with Gasteiger partial charge in [-0.15, -0.1) is 0 Å². The number of anilines is 1. The first-order valence-corrected chi connectivity index (χ1v) is 8.79. The summed E-state index contributed by atoms with van der Waals surface area (Å²) in [5.74, 6) is 0.954. The quantitative estimate of drug-likeness (QED) is 0.734. The van der Waals surface area contributed by atoms with E-state index in [0.717, 1.165) is 35.4 Å². The maximum absolute atomic E-state index is 12.4. The van der Waals surface area contributed by atoms with E-state index in [-0.39, 0.29) is 11.8 Å². The first-order valence-electron chi connectivity index (χ1n) is 8.79. The second-order valence-electron chi connectivity index (χ2n) is 6.61. The van der Waals surface area contributed by atoms with E-state index >= 15 is 0 Å². The Morgan fingerprint density at radius 2 is 2.08 bits per heavy atom. The Labute approximate surface area is 149 Å². The summed E-state index contributed by atoms with van der Waals surface area (Å²) in [5.41, 5.74) is 4.30. The van der Waals surface area contributed by atoms with Gasteiger partial charge in [0.15, 0.2) is 5.65 Å². The second kappa shape index (κ2) is 6.22. The van der Waals surface area contributed by atoms with Crippen LogP contribution in [0.2, 0.25) is 0 Å². The summed E-state index contributed by atoms with van der Waals surface area (Å²) in [7, 11) is 0. The highest BCUT2D eigenvalue weighted by Gasteiger charge is 2.19. The van der Waals surface area contributed by atoms with Crippen LogP contribution in [0.25, 0.3) is 22.3 Å². The molecule has 26 heavy (non-hydrogen) atoms. The van der Waals surface area contributed by atoms with Gasteiger partial charge in [0.1, 0.15) is 5.82 Å². The maximum Gasteiger partial charge on any atom is 0.327 e. The number of rotatable bonds is 3. The summed E-state index contributed by atoms with van der Waals surface area (Å²) in [6.07, 6.45) is 4.46. The van der Waals surface area contributed by atoms with Crippen molar-refractivity contribution in [2.24, 2.45) is 0 Å². The van der Waals surface area contributed by atoms with Gasteiger partial charge in [-0.25, -0.2) is 14.8 Å². The van der Waals surface area contributed by atoms with Crippen molar-refractivity contribution in [2.75, 3.05) is 31.7 Å². The van der Waals surface area contributed by atoms with Crippen LogP contribution in [0.3, 0.4) is 0 Å². The number of H-pyrrole nitrogens is 1. The van der Waals surface area contributed by atoms with Gasteiger partial charge >= 0.3 is 5.69 Å². The minimum atomic E-state index is -0.185. The van der Waals surface area contributed by atoms with Crippen molar-refractivity contribution in [3.63, 3.8) is 0 Å². The molecule has 0 saturated carbocycles. The largest absolute Gasteiger partial charge is 0.376 e. The number of fused-ring (bicyclic) bond motifs is 2. The molecular formula is C18H19N5O3. The predicted molar refractivity (Wildman–Crippen MR) is 96.3 cm³/mol. The van der Waals surface area contributed by atoms with E-state index < -0.39 is 0 Å². The molecule has 0 aliphatic carbocycles. The first-order chi connectivity index (χ1) is 12.8. The number of hydrogen-bond acceptors (Lipinski definition) is 6. The topological polar surface area (TPSA) is 94.1 Å². The van der Waals surface area contributed by atoms with Crippen LogP contribution < -0.4 is 11.0 Å². The zero-order chi connectivity index (χ0) is 17.5. The SMILES string of the molecule is O=c1[nH]c2ncc(-c3cnc4c(c3)CCN4)cc2n1C[C@H]1COCCO1. The lowest BCUT2D eigenvalue weighted by Crippen LogP contribution is -2.34. The molecule has 3 aromatic rings. The van der Waals surface area contributed by atoms with E-state index in [1.807, 2.05) is 12.3 Å². The lowest BCUT2D eigenvalue weighted by molar-refractivity contribution is -0.0934. The summed E-state index contributed by atoms with van der Waals surface area (Å²) in [5, 5.41) is 3.26. The molecule has 5 heterocycles. The van der Waals surface area contributed by atoms with Gasteiger partial charge in [-0.05, 0) is 24.1 Å². The van der Waals surface area contributed by atoms with Crippen LogP contribution in [0.1, 0.15) is 5.56 Å². The van der Waals surface area contributed by atoms with Crippen LogP contribution in [0.15, 0.2) is 29.3 Å². The number of aromatic amines is 1. The van der Waals surface area contributed by atoms with E-state index in [4.69, 9.17) is 9.47 Å². The third-order valence-corrected chi connectivity index (χ3v) is 4.89. The Kier molecular flexibility index (Phi) is 3.72. The third-order valence-electron chi connectivity index (χ3n) is 4.89. The maximum atomic E-state index is 12.4.